The lowest BCUT2D eigenvalue weighted by Gasteiger charge is -2.35. The molecule has 0 amide bonds. The quantitative estimate of drug-likeness (QED) is 0.166. The van der Waals surface area contributed by atoms with Crippen LogP contribution in [0.3, 0.4) is 0 Å². The summed E-state index contributed by atoms with van der Waals surface area (Å²) in [4.78, 5) is 25.4. The van der Waals surface area contributed by atoms with Gasteiger partial charge in [0, 0.05) is 24.1 Å². The van der Waals surface area contributed by atoms with E-state index in [9.17, 15) is 30.0 Å². The molecule has 234 valence electrons. The monoisotopic (exact) mass is 608 g/mol. The summed E-state index contributed by atoms with van der Waals surface area (Å²) in [6.45, 7) is 2.04. The number of phenolic OH excluding ortho intramolecular Hbond substituents is 3. The van der Waals surface area contributed by atoms with Crippen LogP contribution in [0, 0.1) is 0 Å². The molecule has 0 aromatic heterocycles. The Morgan fingerprint density at radius 1 is 0.818 bits per heavy atom. The first-order valence-electron chi connectivity index (χ1n) is 14.6. The van der Waals surface area contributed by atoms with Crippen LogP contribution in [-0.2, 0) is 9.53 Å². The van der Waals surface area contributed by atoms with Gasteiger partial charge in [0.05, 0.1) is 7.11 Å². The maximum absolute atomic E-state index is 12.9. The molecule has 5 rings (SSSR count). The van der Waals surface area contributed by atoms with Crippen LogP contribution in [0.1, 0.15) is 79.1 Å². The molecule has 0 spiro atoms. The van der Waals surface area contributed by atoms with Gasteiger partial charge in [-0.2, -0.15) is 0 Å². The van der Waals surface area contributed by atoms with Crippen LogP contribution in [0.4, 0.5) is 0 Å². The molecule has 2 heterocycles. The predicted octanol–water partition coefficient (Wildman–Crippen LogP) is 5.27. The van der Waals surface area contributed by atoms with E-state index in [0.717, 1.165) is 38.2 Å². The molecular weight excluding hydrogens is 572 g/mol. The van der Waals surface area contributed by atoms with E-state index in [1.807, 2.05) is 0 Å². The lowest BCUT2D eigenvalue weighted by molar-refractivity contribution is -0.148. The molecule has 0 radical (unpaired) electrons. The Bertz CT molecular complexity index is 1520. The number of ketones is 1. The normalized spacial score (nSPS) is 20.4. The van der Waals surface area contributed by atoms with Gasteiger partial charge >= 0.3 is 5.97 Å². The zero-order chi connectivity index (χ0) is 31.4. The second kappa shape index (κ2) is 13.3. The van der Waals surface area contributed by atoms with Crippen LogP contribution >= 0.6 is 0 Å². The number of rotatable bonds is 11. The van der Waals surface area contributed by atoms with Gasteiger partial charge in [-0.05, 0) is 36.2 Å². The predicted molar refractivity (Wildman–Crippen MR) is 157 cm³/mol. The number of Topliss-reactive ketones (excluding diaryl/α,β-unsaturated/α-hetero) is 1. The summed E-state index contributed by atoms with van der Waals surface area (Å²) in [7, 11) is 1.42. The Kier molecular flexibility index (Phi) is 9.34. The van der Waals surface area contributed by atoms with Crippen LogP contribution in [0.2, 0.25) is 0 Å². The number of phenols is 3. The van der Waals surface area contributed by atoms with Gasteiger partial charge in [-0.15, -0.1) is 0 Å². The highest BCUT2D eigenvalue weighted by Gasteiger charge is 2.41. The minimum atomic E-state index is -1.65. The van der Waals surface area contributed by atoms with Crippen molar-refractivity contribution in [3.05, 3.63) is 65.2 Å². The van der Waals surface area contributed by atoms with E-state index in [2.05, 4.69) is 6.92 Å². The van der Waals surface area contributed by atoms with Gasteiger partial charge in [0.1, 0.15) is 29.4 Å². The van der Waals surface area contributed by atoms with Crippen molar-refractivity contribution >= 4 is 11.8 Å². The number of benzene rings is 3. The fourth-order valence-corrected chi connectivity index (χ4v) is 5.39. The number of hydrogen-bond acceptors (Lipinski definition) is 11. The highest BCUT2D eigenvalue weighted by atomic mass is 16.6. The van der Waals surface area contributed by atoms with E-state index in [1.165, 1.54) is 19.2 Å². The number of carbonyl (C=O) groups excluding carboxylic acids is 2. The third kappa shape index (κ3) is 6.47. The standard InChI is InChI=1S/C33H36O11/c1-3-4-5-6-7-8-28(37)41-17-27-32(18-9-11-21(35)24(13-18)40-2)43-25-14-19(10-12-23(25)42-27)33-31(39)30(38)29-22(36)15-20(34)16-26(29)44-33/h9-16,27,31-36,39H,3-8,17H2,1-2H3/t27?,31-,32?,33+/m0/s1. The molecular formula is C33H36O11. The molecule has 4 N–H and O–H groups in total. The van der Waals surface area contributed by atoms with Crippen molar-refractivity contribution in [2.45, 2.75) is 69.9 Å². The van der Waals surface area contributed by atoms with Gasteiger partial charge in [-0.3, -0.25) is 9.59 Å². The zero-order valence-corrected chi connectivity index (χ0v) is 24.5. The second-order valence-electron chi connectivity index (χ2n) is 10.9. The number of ether oxygens (including phenoxy) is 5. The van der Waals surface area contributed by atoms with Crippen molar-refractivity contribution in [2.75, 3.05) is 13.7 Å². The molecule has 3 aromatic rings. The van der Waals surface area contributed by atoms with E-state index in [0.29, 0.717) is 23.3 Å². The molecule has 11 nitrogen and oxygen atoms in total. The van der Waals surface area contributed by atoms with E-state index in [-0.39, 0.29) is 46.9 Å². The number of esters is 1. The van der Waals surface area contributed by atoms with Gasteiger partial charge in [-0.25, -0.2) is 0 Å². The maximum Gasteiger partial charge on any atom is 0.305 e. The van der Waals surface area contributed by atoms with Crippen LogP contribution in [0.5, 0.6) is 40.2 Å². The smallest absolute Gasteiger partial charge is 0.305 e. The van der Waals surface area contributed by atoms with Crippen molar-refractivity contribution < 1.29 is 53.7 Å². The fourth-order valence-electron chi connectivity index (χ4n) is 5.39. The van der Waals surface area contributed by atoms with Gasteiger partial charge in [0.25, 0.3) is 0 Å². The molecule has 3 aromatic carbocycles. The van der Waals surface area contributed by atoms with E-state index < -0.39 is 35.9 Å². The topological polar surface area (TPSA) is 161 Å². The average molecular weight is 609 g/mol. The van der Waals surface area contributed by atoms with Crippen LogP contribution in [0.15, 0.2) is 48.5 Å². The Labute approximate surface area is 254 Å². The third-order valence-corrected chi connectivity index (χ3v) is 7.71. The Hall–Kier alpha value is -4.64. The minimum absolute atomic E-state index is 0.0628. The number of aliphatic hydroxyl groups is 1. The molecule has 11 heteroatoms. The summed E-state index contributed by atoms with van der Waals surface area (Å²) in [5, 5.41) is 41.0. The van der Waals surface area contributed by atoms with Crippen molar-refractivity contribution in [1.29, 1.82) is 0 Å². The molecule has 4 atom stereocenters. The third-order valence-electron chi connectivity index (χ3n) is 7.71. The Balaban J connectivity index is 1.39. The summed E-state index contributed by atoms with van der Waals surface area (Å²) < 4.78 is 29.3. The van der Waals surface area contributed by atoms with Gasteiger partial charge < -0.3 is 44.1 Å². The van der Waals surface area contributed by atoms with Crippen LogP contribution in [0.25, 0.3) is 0 Å². The summed E-state index contributed by atoms with van der Waals surface area (Å²) in [5.74, 6) is -1.21. The van der Waals surface area contributed by atoms with E-state index >= 15 is 0 Å². The molecule has 0 aliphatic carbocycles. The van der Waals surface area contributed by atoms with E-state index in [4.69, 9.17) is 23.7 Å². The van der Waals surface area contributed by atoms with Crippen molar-refractivity contribution in [1.82, 2.24) is 0 Å². The SMILES string of the molecule is CCCCCCCC(=O)OCC1Oc2ccc([C@H]3Oc4cc(O)cc(O)c4C(=O)[C@@H]3O)cc2OC1c1ccc(O)c(OC)c1. The second-order valence-corrected chi connectivity index (χ2v) is 10.9. The summed E-state index contributed by atoms with van der Waals surface area (Å²) in [6, 6.07) is 11.6. The number of aromatic hydroxyl groups is 3. The number of unbranched alkanes of at least 4 members (excludes halogenated alkanes) is 4. The summed E-state index contributed by atoms with van der Waals surface area (Å²) in [5.41, 5.74) is 0.737. The summed E-state index contributed by atoms with van der Waals surface area (Å²) in [6.07, 6.45) is 0.955. The Morgan fingerprint density at radius 2 is 1.55 bits per heavy atom. The molecule has 0 saturated carbocycles. The fraction of sp³-hybridized carbons (Fsp3) is 0.394. The molecule has 44 heavy (non-hydrogen) atoms. The molecule has 2 aliphatic heterocycles. The lowest BCUT2D eigenvalue weighted by atomic mass is 9.92. The van der Waals surface area contributed by atoms with Crippen LogP contribution < -0.4 is 18.9 Å². The first kappa shape index (κ1) is 30.8. The molecule has 0 saturated heterocycles. The molecule has 2 aliphatic rings. The highest BCUT2D eigenvalue weighted by Crippen LogP contribution is 2.46. The first-order valence-corrected chi connectivity index (χ1v) is 14.6. The summed E-state index contributed by atoms with van der Waals surface area (Å²) >= 11 is 0. The largest absolute Gasteiger partial charge is 0.508 e. The molecule has 2 unspecified atom stereocenters. The van der Waals surface area contributed by atoms with Gasteiger partial charge in [-0.1, -0.05) is 44.7 Å². The maximum atomic E-state index is 12.9. The number of carbonyl (C=O) groups is 2. The van der Waals surface area contributed by atoms with Crippen LogP contribution in [-0.4, -0.2) is 58.1 Å². The van der Waals surface area contributed by atoms with Gasteiger partial charge in [0.15, 0.2) is 47.4 Å². The number of methoxy groups -OCH3 is 1. The Morgan fingerprint density at radius 3 is 2.32 bits per heavy atom. The van der Waals surface area contributed by atoms with Crippen molar-refractivity contribution in [3.63, 3.8) is 0 Å². The first-order chi connectivity index (χ1) is 21.2. The molecule has 0 fully saturated rings. The zero-order valence-electron chi connectivity index (χ0n) is 24.5. The van der Waals surface area contributed by atoms with Gasteiger partial charge in [0.2, 0.25) is 5.78 Å². The van der Waals surface area contributed by atoms with E-state index in [1.54, 1.807) is 30.3 Å². The number of aliphatic hydroxyl groups excluding tert-OH is 1. The lowest BCUT2D eigenvalue weighted by Crippen LogP contribution is -2.38. The number of fused-ring (bicyclic) bond motifs is 2. The average Bonchev–Trinajstić information content (AvgIpc) is 3.01. The minimum Gasteiger partial charge on any atom is -0.508 e. The number of hydrogen-bond donors (Lipinski definition) is 4. The van der Waals surface area contributed by atoms with Crippen molar-refractivity contribution in [2.24, 2.45) is 0 Å². The van der Waals surface area contributed by atoms with Crippen molar-refractivity contribution in [3.8, 4) is 40.2 Å². The highest BCUT2D eigenvalue weighted by molar-refractivity contribution is 6.05. The molecule has 0 bridgehead atoms.